The number of pyridine rings is 1. The molecule has 190 valence electrons. The van der Waals surface area contributed by atoms with Crippen LogP contribution in [0.3, 0.4) is 0 Å². The summed E-state index contributed by atoms with van der Waals surface area (Å²) >= 11 is 6.07. The summed E-state index contributed by atoms with van der Waals surface area (Å²) in [7, 11) is 0. The smallest absolute Gasteiger partial charge is 0.268 e. The van der Waals surface area contributed by atoms with Crippen LogP contribution < -0.4 is 10.9 Å². The zero-order chi connectivity index (χ0) is 26.3. The standard InChI is InChI=1S/C29H28ClN3O4/c1-29(2)13-25-22(26(35)14-29)12-23(28(37)33(25)20-9-7-18(30)8-10-20)27(36)32-19(16-34)11-17-15-31-24-6-4-3-5-21(17)24/h3-10,12,15,19,31,34H,11,13-14,16H2,1-2H3,(H,32,36). The number of carbonyl (C=O) groups excluding carboxylic acids is 2. The third-order valence-corrected chi connectivity index (χ3v) is 7.17. The van der Waals surface area contributed by atoms with Crippen molar-refractivity contribution in [2.75, 3.05) is 6.61 Å². The molecule has 0 radical (unpaired) electrons. The summed E-state index contributed by atoms with van der Waals surface area (Å²) in [6, 6.07) is 15.3. The van der Waals surface area contributed by atoms with Crippen molar-refractivity contribution in [3.8, 4) is 5.69 Å². The predicted molar refractivity (Wildman–Crippen MR) is 144 cm³/mol. The molecular formula is C29H28ClN3O4. The molecule has 3 N–H and O–H groups in total. The van der Waals surface area contributed by atoms with Gasteiger partial charge in [0.1, 0.15) is 5.56 Å². The minimum Gasteiger partial charge on any atom is -0.394 e. The van der Waals surface area contributed by atoms with Crippen LogP contribution in [0.15, 0.2) is 65.6 Å². The Morgan fingerprint density at radius 1 is 1.14 bits per heavy atom. The fourth-order valence-corrected chi connectivity index (χ4v) is 5.26. The molecule has 1 amide bonds. The molecule has 2 heterocycles. The third kappa shape index (κ3) is 4.84. The van der Waals surface area contributed by atoms with E-state index >= 15 is 0 Å². The van der Waals surface area contributed by atoms with Gasteiger partial charge in [-0.15, -0.1) is 0 Å². The van der Waals surface area contributed by atoms with Crippen molar-refractivity contribution >= 4 is 34.2 Å². The number of hydrogen-bond donors (Lipinski definition) is 3. The molecule has 8 heteroatoms. The van der Waals surface area contributed by atoms with Crippen LogP contribution in [0.4, 0.5) is 0 Å². The number of aliphatic hydroxyl groups is 1. The quantitative estimate of drug-likeness (QED) is 0.351. The highest BCUT2D eigenvalue weighted by Gasteiger charge is 2.35. The van der Waals surface area contributed by atoms with Crippen molar-refractivity contribution in [1.29, 1.82) is 0 Å². The fourth-order valence-electron chi connectivity index (χ4n) is 5.13. The van der Waals surface area contributed by atoms with Gasteiger partial charge >= 0.3 is 0 Å². The lowest BCUT2D eigenvalue weighted by Crippen LogP contribution is -2.43. The second kappa shape index (κ2) is 9.65. The van der Waals surface area contributed by atoms with Crippen LogP contribution in [-0.4, -0.2) is 39.0 Å². The molecule has 0 saturated carbocycles. The number of halogens is 1. The van der Waals surface area contributed by atoms with E-state index < -0.39 is 17.5 Å². The summed E-state index contributed by atoms with van der Waals surface area (Å²) in [4.78, 5) is 43.5. The minimum absolute atomic E-state index is 0.111. The Bertz CT molecular complexity index is 1570. The average Bonchev–Trinajstić information content (AvgIpc) is 3.26. The number of nitrogens with zero attached hydrogens (tertiary/aromatic N) is 1. The van der Waals surface area contributed by atoms with Crippen LogP contribution in [0.1, 0.15) is 52.2 Å². The molecule has 7 nitrogen and oxygen atoms in total. The molecule has 0 bridgehead atoms. The molecule has 1 aliphatic rings. The molecular weight excluding hydrogens is 490 g/mol. The van der Waals surface area contributed by atoms with Gasteiger partial charge in [-0.25, -0.2) is 0 Å². The van der Waals surface area contributed by atoms with E-state index in [0.717, 1.165) is 16.5 Å². The van der Waals surface area contributed by atoms with Gasteiger partial charge in [-0.05, 0) is 60.2 Å². The first-order valence-electron chi connectivity index (χ1n) is 12.2. The second-order valence-electron chi connectivity index (χ2n) is 10.4. The highest BCUT2D eigenvalue weighted by atomic mass is 35.5. The number of nitrogens with one attached hydrogen (secondary N) is 2. The van der Waals surface area contributed by atoms with Crippen molar-refractivity contribution in [2.45, 2.75) is 39.2 Å². The van der Waals surface area contributed by atoms with E-state index in [1.807, 2.05) is 44.3 Å². The van der Waals surface area contributed by atoms with Gasteiger partial charge in [0.25, 0.3) is 11.5 Å². The van der Waals surface area contributed by atoms with Crippen LogP contribution in [0, 0.1) is 5.41 Å². The summed E-state index contributed by atoms with van der Waals surface area (Å²) in [5.74, 6) is -0.743. The summed E-state index contributed by atoms with van der Waals surface area (Å²) in [5, 5.41) is 14.4. The van der Waals surface area contributed by atoms with Crippen LogP contribution in [0.2, 0.25) is 5.02 Å². The largest absolute Gasteiger partial charge is 0.394 e. The highest BCUT2D eigenvalue weighted by molar-refractivity contribution is 6.30. The monoisotopic (exact) mass is 517 g/mol. The normalized spacial score (nSPS) is 15.4. The summed E-state index contributed by atoms with van der Waals surface area (Å²) in [6.45, 7) is 3.66. The van der Waals surface area contributed by atoms with Crippen LogP contribution in [0.25, 0.3) is 16.6 Å². The van der Waals surface area contributed by atoms with Crippen LogP contribution in [0.5, 0.6) is 0 Å². The van der Waals surface area contributed by atoms with Gasteiger partial charge in [0.15, 0.2) is 5.78 Å². The third-order valence-electron chi connectivity index (χ3n) is 6.91. The Kier molecular flexibility index (Phi) is 6.52. The molecule has 1 unspecified atom stereocenters. The van der Waals surface area contributed by atoms with E-state index in [1.54, 1.807) is 24.3 Å². The highest BCUT2D eigenvalue weighted by Crippen LogP contribution is 2.35. The Morgan fingerprint density at radius 3 is 2.59 bits per heavy atom. The lowest BCUT2D eigenvalue weighted by molar-refractivity contribution is 0.0907. The van der Waals surface area contributed by atoms with E-state index in [-0.39, 0.29) is 23.4 Å². The average molecular weight is 518 g/mol. The molecule has 1 aliphatic carbocycles. The number of aromatic nitrogens is 2. The summed E-state index contributed by atoms with van der Waals surface area (Å²) in [5.41, 5.74) is 2.41. The van der Waals surface area contributed by atoms with Gasteiger partial charge in [-0.1, -0.05) is 43.6 Å². The van der Waals surface area contributed by atoms with Crippen molar-refractivity contribution < 1.29 is 14.7 Å². The lowest BCUT2D eigenvalue weighted by atomic mass is 9.75. The number of aliphatic hydroxyl groups excluding tert-OH is 1. The number of ketones is 1. The van der Waals surface area contributed by atoms with E-state index in [0.29, 0.717) is 41.2 Å². The second-order valence-corrected chi connectivity index (χ2v) is 10.8. The molecule has 37 heavy (non-hydrogen) atoms. The number of H-pyrrole nitrogens is 1. The van der Waals surface area contributed by atoms with Crippen molar-refractivity contribution in [3.63, 3.8) is 0 Å². The number of benzene rings is 2. The summed E-state index contributed by atoms with van der Waals surface area (Å²) in [6.07, 6.45) is 3.05. The number of rotatable bonds is 6. The molecule has 2 aromatic carbocycles. The number of Topliss-reactive ketones (excluding diaryl/α,β-unsaturated/α-hetero) is 1. The van der Waals surface area contributed by atoms with Crippen molar-refractivity contribution in [3.05, 3.63) is 98.6 Å². The van der Waals surface area contributed by atoms with Gasteiger partial charge in [-0.2, -0.15) is 0 Å². The molecule has 0 aliphatic heterocycles. The van der Waals surface area contributed by atoms with Crippen LogP contribution >= 0.6 is 11.6 Å². The number of carbonyl (C=O) groups is 2. The van der Waals surface area contributed by atoms with Gasteiger partial charge in [0, 0.05) is 45.5 Å². The van der Waals surface area contributed by atoms with E-state index in [9.17, 15) is 19.5 Å². The zero-order valence-corrected chi connectivity index (χ0v) is 21.4. The zero-order valence-electron chi connectivity index (χ0n) is 20.7. The molecule has 0 saturated heterocycles. The van der Waals surface area contributed by atoms with Crippen molar-refractivity contribution in [1.82, 2.24) is 14.9 Å². The molecule has 0 fully saturated rings. The van der Waals surface area contributed by atoms with Crippen molar-refractivity contribution in [2.24, 2.45) is 5.41 Å². The maximum atomic E-state index is 13.7. The fraction of sp³-hybridized carbons (Fsp3) is 0.276. The van der Waals surface area contributed by atoms with Gasteiger partial charge < -0.3 is 15.4 Å². The van der Waals surface area contributed by atoms with E-state index in [4.69, 9.17) is 11.6 Å². The topological polar surface area (TPSA) is 104 Å². The van der Waals surface area contributed by atoms with E-state index in [2.05, 4.69) is 10.3 Å². The lowest BCUT2D eigenvalue weighted by Gasteiger charge is -2.32. The SMILES string of the molecule is CC1(C)CC(=O)c2cc(C(=O)NC(CO)Cc3c[nH]c4ccccc34)c(=O)n(-c3ccc(Cl)cc3)c2C1. The molecule has 0 spiro atoms. The number of fused-ring (bicyclic) bond motifs is 2. The number of hydrogen-bond acceptors (Lipinski definition) is 4. The Balaban J connectivity index is 1.53. The van der Waals surface area contributed by atoms with Gasteiger partial charge in [0.2, 0.25) is 0 Å². The minimum atomic E-state index is -0.632. The predicted octanol–water partition coefficient (Wildman–Crippen LogP) is 4.46. The maximum absolute atomic E-state index is 13.7. The summed E-state index contributed by atoms with van der Waals surface area (Å²) < 4.78 is 1.45. The van der Waals surface area contributed by atoms with E-state index in [1.165, 1.54) is 10.6 Å². The maximum Gasteiger partial charge on any atom is 0.268 e. The Hall–Kier alpha value is -3.68. The first kappa shape index (κ1) is 25.0. The molecule has 2 aromatic heterocycles. The molecule has 4 aromatic rings. The van der Waals surface area contributed by atoms with Gasteiger partial charge in [-0.3, -0.25) is 19.0 Å². The first-order chi connectivity index (χ1) is 17.7. The number of amides is 1. The Labute approximate surface area is 219 Å². The first-order valence-corrected chi connectivity index (χ1v) is 12.6. The van der Waals surface area contributed by atoms with Crippen LogP contribution in [-0.2, 0) is 12.8 Å². The molecule has 1 atom stereocenters. The number of para-hydroxylation sites is 1. The Morgan fingerprint density at radius 2 is 1.86 bits per heavy atom. The number of aromatic amines is 1. The van der Waals surface area contributed by atoms with Gasteiger partial charge in [0.05, 0.1) is 12.6 Å². The molecule has 5 rings (SSSR count).